The van der Waals surface area contributed by atoms with Crippen molar-refractivity contribution in [3.8, 4) is 23.1 Å². The highest BCUT2D eigenvalue weighted by Crippen LogP contribution is 2.36. The van der Waals surface area contributed by atoms with Crippen LogP contribution in [-0.4, -0.2) is 61.4 Å². The molecule has 1 aliphatic rings. The molecule has 4 rings (SSSR count). The zero-order valence-corrected chi connectivity index (χ0v) is 23.8. The minimum absolute atomic E-state index is 0.0629. The minimum Gasteiger partial charge on any atom is -0.488 e. The van der Waals surface area contributed by atoms with E-state index in [-0.39, 0.29) is 18.4 Å². The van der Waals surface area contributed by atoms with Gasteiger partial charge >= 0.3 is 5.97 Å². The highest BCUT2D eigenvalue weighted by Gasteiger charge is 2.32. The molecule has 1 fully saturated rings. The number of anilines is 1. The molecule has 206 valence electrons. The Morgan fingerprint density at radius 3 is 2.85 bits per heavy atom. The summed E-state index contributed by atoms with van der Waals surface area (Å²) < 4.78 is 11.4. The van der Waals surface area contributed by atoms with Gasteiger partial charge in [-0.1, -0.05) is 30.7 Å². The second-order valence-electron chi connectivity index (χ2n) is 10.3. The molecular weight excluding hydrogens is 512 g/mol. The average Bonchev–Trinajstić information content (AvgIpc) is 3.41. The third kappa shape index (κ3) is 7.15. The molecule has 39 heavy (non-hydrogen) atoms. The number of methoxy groups -OCH3 is 1. The number of aliphatic carboxylic acids is 1. The fourth-order valence-corrected chi connectivity index (χ4v) is 5.80. The maximum Gasteiger partial charge on any atom is 0.306 e. The smallest absolute Gasteiger partial charge is 0.306 e. The number of thiazole rings is 1. The quantitative estimate of drug-likeness (QED) is 0.349. The molecule has 1 aromatic heterocycles. The maximum atomic E-state index is 11.5. The normalized spacial score (nSPS) is 17.3. The lowest BCUT2D eigenvalue weighted by atomic mass is 9.87. The lowest BCUT2D eigenvalue weighted by Crippen LogP contribution is -2.42. The number of nitriles is 1. The summed E-state index contributed by atoms with van der Waals surface area (Å²) in [6, 6.07) is 14.3. The van der Waals surface area contributed by atoms with Crippen LogP contribution in [0.3, 0.4) is 0 Å². The van der Waals surface area contributed by atoms with Crippen LogP contribution in [-0.2, 0) is 22.7 Å². The Morgan fingerprint density at radius 1 is 1.31 bits per heavy atom. The van der Waals surface area contributed by atoms with E-state index in [2.05, 4.69) is 21.9 Å². The topological polar surface area (TPSA) is 98.9 Å². The van der Waals surface area contributed by atoms with E-state index in [1.165, 1.54) is 0 Å². The van der Waals surface area contributed by atoms with Crippen molar-refractivity contribution >= 4 is 22.4 Å². The van der Waals surface area contributed by atoms with Crippen LogP contribution < -0.4 is 9.64 Å². The van der Waals surface area contributed by atoms with Gasteiger partial charge in [0, 0.05) is 49.8 Å². The van der Waals surface area contributed by atoms with Crippen molar-refractivity contribution in [1.82, 2.24) is 9.88 Å². The molecule has 0 aliphatic carbocycles. The standard InChI is InChI=1S/C30H36N4O4S/c1-20-5-8-28(38-18-23-7-6-22(14-24(23)15-31)17-33(3)11-12-37-4)26(13-20)27-19-39-30(32-27)34-10-9-25(29(35)36)21(2)16-34/h5-8,13-14,19,21,25H,9-12,16-18H2,1-4H3,(H,35,36)/t21-,25+/m0/s1. The molecule has 1 N–H and O–H groups in total. The number of benzene rings is 2. The van der Waals surface area contributed by atoms with Crippen LogP contribution in [0.15, 0.2) is 41.8 Å². The van der Waals surface area contributed by atoms with E-state index >= 15 is 0 Å². The van der Waals surface area contributed by atoms with Gasteiger partial charge in [-0.25, -0.2) is 4.98 Å². The Kier molecular flexibility index (Phi) is 9.57. The molecule has 0 saturated carbocycles. The van der Waals surface area contributed by atoms with Gasteiger partial charge in [-0.2, -0.15) is 5.26 Å². The third-order valence-electron chi connectivity index (χ3n) is 7.20. The zero-order chi connectivity index (χ0) is 27.9. The van der Waals surface area contributed by atoms with Gasteiger partial charge in [0.1, 0.15) is 12.4 Å². The number of nitrogens with zero attached hydrogens (tertiary/aromatic N) is 4. The van der Waals surface area contributed by atoms with E-state index in [1.807, 2.05) is 56.6 Å². The van der Waals surface area contributed by atoms with Crippen molar-refractivity contribution in [3.63, 3.8) is 0 Å². The highest BCUT2D eigenvalue weighted by atomic mass is 32.1. The number of hydrogen-bond acceptors (Lipinski definition) is 8. The fourth-order valence-electron chi connectivity index (χ4n) is 4.93. The molecule has 8 nitrogen and oxygen atoms in total. The van der Waals surface area contributed by atoms with Gasteiger partial charge in [-0.15, -0.1) is 11.3 Å². The van der Waals surface area contributed by atoms with Gasteiger partial charge in [0.25, 0.3) is 0 Å². The summed E-state index contributed by atoms with van der Waals surface area (Å²) in [6.07, 6.45) is 0.619. The molecular formula is C30H36N4O4S. The Bertz CT molecular complexity index is 1330. The molecule has 2 aromatic carbocycles. The lowest BCUT2D eigenvalue weighted by molar-refractivity contribution is -0.144. The van der Waals surface area contributed by atoms with Crippen LogP contribution in [0.25, 0.3) is 11.3 Å². The van der Waals surface area contributed by atoms with Crippen molar-refractivity contribution in [2.45, 2.75) is 33.4 Å². The van der Waals surface area contributed by atoms with Gasteiger partial charge in [0.15, 0.2) is 5.13 Å². The Morgan fingerprint density at radius 2 is 2.13 bits per heavy atom. The minimum atomic E-state index is -0.716. The van der Waals surface area contributed by atoms with E-state index in [1.54, 1.807) is 18.4 Å². The summed E-state index contributed by atoms with van der Waals surface area (Å²) in [5, 5.41) is 22.2. The largest absolute Gasteiger partial charge is 0.488 e. The van der Waals surface area contributed by atoms with Crippen LogP contribution in [0.4, 0.5) is 5.13 Å². The number of carboxylic acid groups (broad SMARTS) is 1. The summed E-state index contributed by atoms with van der Waals surface area (Å²) in [4.78, 5) is 20.7. The Balaban J connectivity index is 1.48. The third-order valence-corrected chi connectivity index (χ3v) is 8.11. The SMILES string of the molecule is COCCN(C)Cc1ccc(COc2ccc(C)cc2-c2csc(N3CC[C@@H](C(=O)O)[C@@H](C)C3)n2)c(C#N)c1. The monoisotopic (exact) mass is 548 g/mol. The highest BCUT2D eigenvalue weighted by molar-refractivity contribution is 7.14. The van der Waals surface area contributed by atoms with Crippen molar-refractivity contribution in [2.24, 2.45) is 11.8 Å². The molecule has 0 bridgehead atoms. The molecule has 2 atom stereocenters. The van der Waals surface area contributed by atoms with Crippen LogP contribution in [0.2, 0.25) is 0 Å². The number of ether oxygens (including phenoxy) is 2. The van der Waals surface area contributed by atoms with Crippen LogP contribution in [0, 0.1) is 30.1 Å². The molecule has 3 aromatic rings. The van der Waals surface area contributed by atoms with E-state index in [4.69, 9.17) is 14.5 Å². The fraction of sp³-hybridized carbons (Fsp3) is 0.433. The number of rotatable bonds is 11. The summed E-state index contributed by atoms with van der Waals surface area (Å²) >= 11 is 1.57. The lowest BCUT2D eigenvalue weighted by Gasteiger charge is -2.34. The number of hydrogen-bond donors (Lipinski definition) is 1. The summed E-state index contributed by atoms with van der Waals surface area (Å²) in [6.45, 7) is 7.88. The van der Waals surface area contributed by atoms with Crippen LogP contribution in [0.5, 0.6) is 5.75 Å². The molecule has 1 saturated heterocycles. The average molecular weight is 549 g/mol. The van der Waals surface area contributed by atoms with Crippen molar-refractivity contribution in [2.75, 3.05) is 45.3 Å². The molecule has 9 heteroatoms. The molecule has 2 heterocycles. The maximum absolute atomic E-state index is 11.5. The van der Waals surface area contributed by atoms with E-state index in [0.29, 0.717) is 37.4 Å². The first-order valence-corrected chi connectivity index (χ1v) is 14.0. The van der Waals surface area contributed by atoms with Crippen molar-refractivity contribution in [3.05, 3.63) is 64.0 Å². The first-order chi connectivity index (χ1) is 18.8. The van der Waals surface area contributed by atoms with E-state index in [9.17, 15) is 15.2 Å². The number of likely N-dealkylation sites (N-methyl/N-ethyl adjacent to an activating group) is 1. The second kappa shape index (κ2) is 13.1. The first-order valence-electron chi connectivity index (χ1n) is 13.2. The van der Waals surface area contributed by atoms with Gasteiger partial charge < -0.3 is 19.5 Å². The zero-order valence-electron chi connectivity index (χ0n) is 23.0. The van der Waals surface area contributed by atoms with Crippen LogP contribution in [0.1, 0.15) is 35.6 Å². The summed E-state index contributed by atoms with van der Waals surface area (Å²) in [5.74, 6) is -0.246. The number of aromatic nitrogens is 1. The number of carboxylic acids is 1. The van der Waals surface area contributed by atoms with Gasteiger partial charge in [0.2, 0.25) is 0 Å². The number of aryl methyl sites for hydroxylation is 1. The van der Waals surface area contributed by atoms with Gasteiger partial charge in [0.05, 0.1) is 29.9 Å². The van der Waals surface area contributed by atoms with Gasteiger partial charge in [-0.05, 0) is 50.1 Å². The predicted octanol–water partition coefficient (Wildman–Crippen LogP) is 5.19. The molecule has 0 spiro atoms. The molecule has 0 radical (unpaired) electrons. The Hall–Kier alpha value is -3.45. The van der Waals surface area contributed by atoms with Crippen molar-refractivity contribution in [1.29, 1.82) is 5.26 Å². The second-order valence-corrected chi connectivity index (χ2v) is 11.1. The van der Waals surface area contributed by atoms with E-state index < -0.39 is 5.97 Å². The number of piperidine rings is 1. The molecule has 1 aliphatic heterocycles. The van der Waals surface area contributed by atoms with Crippen molar-refractivity contribution < 1.29 is 19.4 Å². The number of carbonyl (C=O) groups is 1. The first kappa shape index (κ1) is 28.6. The molecule has 0 unspecified atom stereocenters. The van der Waals surface area contributed by atoms with Gasteiger partial charge in [-0.3, -0.25) is 9.69 Å². The van der Waals surface area contributed by atoms with Crippen LogP contribution >= 0.6 is 11.3 Å². The molecule has 0 amide bonds. The summed E-state index contributed by atoms with van der Waals surface area (Å²) in [5.41, 5.74) is 5.35. The Labute approximate surface area is 234 Å². The predicted molar refractivity (Wildman–Crippen MR) is 153 cm³/mol. The van der Waals surface area contributed by atoms with E-state index in [0.717, 1.165) is 46.2 Å². The summed E-state index contributed by atoms with van der Waals surface area (Å²) in [7, 11) is 3.72.